The van der Waals surface area contributed by atoms with E-state index in [2.05, 4.69) is 10.5 Å². The Labute approximate surface area is 147 Å². The number of amides is 1. The standard InChI is InChI=1S/C15H13N3O5S2/c1-22-12-5-4-9(25(16,20)21)7-10(12)17-15(19)11-8-13(23-18-11)14-3-2-6-24-14/h2-8H,1H3,(H,17,19)(H2,16,20,21). The van der Waals surface area contributed by atoms with Crippen LogP contribution in [-0.2, 0) is 10.0 Å². The number of nitrogens with zero attached hydrogens (tertiary/aromatic N) is 1. The molecule has 10 heteroatoms. The molecule has 3 N–H and O–H groups in total. The van der Waals surface area contributed by atoms with Crippen LogP contribution >= 0.6 is 11.3 Å². The maximum atomic E-state index is 12.4. The monoisotopic (exact) mass is 379 g/mol. The minimum atomic E-state index is -3.92. The van der Waals surface area contributed by atoms with Crippen LogP contribution in [-0.4, -0.2) is 26.6 Å². The third-order valence-electron chi connectivity index (χ3n) is 3.25. The van der Waals surface area contributed by atoms with E-state index in [-0.39, 0.29) is 22.0 Å². The average molecular weight is 379 g/mol. The number of benzene rings is 1. The van der Waals surface area contributed by atoms with Gasteiger partial charge in [-0.05, 0) is 29.6 Å². The van der Waals surface area contributed by atoms with Crippen molar-refractivity contribution >= 4 is 33.0 Å². The van der Waals surface area contributed by atoms with Crippen LogP contribution in [0.25, 0.3) is 10.6 Å². The number of methoxy groups -OCH3 is 1. The van der Waals surface area contributed by atoms with Crippen molar-refractivity contribution in [3.63, 3.8) is 0 Å². The number of carbonyl (C=O) groups excluding carboxylic acids is 1. The normalized spacial score (nSPS) is 11.3. The molecule has 0 atom stereocenters. The van der Waals surface area contributed by atoms with Gasteiger partial charge < -0.3 is 14.6 Å². The number of anilines is 1. The number of sulfonamides is 1. The minimum absolute atomic E-state index is 0.0476. The van der Waals surface area contributed by atoms with Crippen LogP contribution in [0.3, 0.4) is 0 Å². The first-order valence-electron chi connectivity index (χ1n) is 6.91. The highest BCUT2D eigenvalue weighted by Gasteiger charge is 2.18. The van der Waals surface area contributed by atoms with Gasteiger partial charge in [0.2, 0.25) is 10.0 Å². The largest absolute Gasteiger partial charge is 0.495 e. The van der Waals surface area contributed by atoms with E-state index in [4.69, 9.17) is 14.4 Å². The molecule has 0 aliphatic heterocycles. The quantitative estimate of drug-likeness (QED) is 0.701. The molecule has 0 saturated carbocycles. The maximum Gasteiger partial charge on any atom is 0.277 e. The van der Waals surface area contributed by atoms with E-state index in [0.717, 1.165) is 4.88 Å². The SMILES string of the molecule is COc1ccc(S(N)(=O)=O)cc1NC(=O)c1cc(-c2cccs2)on1. The van der Waals surface area contributed by atoms with Gasteiger partial charge in [-0.25, -0.2) is 13.6 Å². The first kappa shape index (κ1) is 17.1. The molecule has 2 heterocycles. The summed E-state index contributed by atoms with van der Waals surface area (Å²) in [5.41, 5.74) is 0.200. The number of primary sulfonamides is 1. The Morgan fingerprint density at radius 1 is 1.32 bits per heavy atom. The highest BCUT2D eigenvalue weighted by molar-refractivity contribution is 7.89. The average Bonchev–Trinajstić information content (AvgIpc) is 3.25. The van der Waals surface area contributed by atoms with E-state index in [9.17, 15) is 13.2 Å². The number of hydrogen-bond acceptors (Lipinski definition) is 7. The fraction of sp³-hybridized carbons (Fsp3) is 0.0667. The van der Waals surface area contributed by atoms with E-state index in [1.54, 1.807) is 0 Å². The maximum absolute atomic E-state index is 12.4. The van der Waals surface area contributed by atoms with Gasteiger partial charge in [-0.3, -0.25) is 4.79 Å². The van der Waals surface area contributed by atoms with Crippen molar-refractivity contribution in [1.29, 1.82) is 0 Å². The fourth-order valence-corrected chi connectivity index (χ4v) is 3.28. The van der Waals surface area contributed by atoms with Gasteiger partial charge in [-0.1, -0.05) is 11.2 Å². The Morgan fingerprint density at radius 2 is 2.12 bits per heavy atom. The van der Waals surface area contributed by atoms with Crippen molar-refractivity contribution in [3.8, 4) is 16.4 Å². The third-order valence-corrected chi connectivity index (χ3v) is 5.05. The van der Waals surface area contributed by atoms with Crippen molar-refractivity contribution in [2.75, 3.05) is 12.4 Å². The molecular weight excluding hydrogens is 366 g/mol. The van der Waals surface area contributed by atoms with E-state index >= 15 is 0 Å². The van der Waals surface area contributed by atoms with Gasteiger partial charge in [0.1, 0.15) is 5.75 Å². The predicted octanol–water partition coefficient (Wildman–Crippen LogP) is 2.31. The molecule has 0 aliphatic carbocycles. The molecule has 0 spiro atoms. The van der Waals surface area contributed by atoms with Gasteiger partial charge in [0.25, 0.3) is 5.91 Å². The molecule has 130 valence electrons. The summed E-state index contributed by atoms with van der Waals surface area (Å²) in [5.74, 6) is 0.171. The zero-order valence-electron chi connectivity index (χ0n) is 12.9. The van der Waals surface area contributed by atoms with Crippen LogP contribution in [0.1, 0.15) is 10.5 Å². The number of thiophene rings is 1. The summed E-state index contributed by atoms with van der Waals surface area (Å²) >= 11 is 1.45. The van der Waals surface area contributed by atoms with Crippen LogP contribution in [0.5, 0.6) is 5.75 Å². The number of ether oxygens (including phenoxy) is 1. The first-order valence-corrected chi connectivity index (χ1v) is 9.34. The van der Waals surface area contributed by atoms with Crippen LogP contribution in [0, 0.1) is 0 Å². The molecular formula is C15H13N3O5S2. The topological polar surface area (TPSA) is 125 Å². The highest BCUT2D eigenvalue weighted by atomic mass is 32.2. The summed E-state index contributed by atoms with van der Waals surface area (Å²) in [6, 6.07) is 9.09. The lowest BCUT2D eigenvalue weighted by Gasteiger charge is -2.10. The van der Waals surface area contributed by atoms with Crippen molar-refractivity contribution in [2.24, 2.45) is 5.14 Å². The molecule has 25 heavy (non-hydrogen) atoms. The fourth-order valence-electron chi connectivity index (χ4n) is 2.07. The predicted molar refractivity (Wildman–Crippen MR) is 92.1 cm³/mol. The molecule has 2 aromatic heterocycles. The van der Waals surface area contributed by atoms with Crippen LogP contribution in [0.15, 0.2) is 51.2 Å². The number of nitrogens with one attached hydrogen (secondary N) is 1. The molecule has 0 fully saturated rings. The second-order valence-electron chi connectivity index (χ2n) is 4.91. The molecule has 0 bridgehead atoms. The molecule has 3 rings (SSSR count). The van der Waals surface area contributed by atoms with E-state index in [1.165, 1.54) is 42.7 Å². The third kappa shape index (κ3) is 3.71. The van der Waals surface area contributed by atoms with Gasteiger partial charge in [0.15, 0.2) is 11.5 Å². The second-order valence-corrected chi connectivity index (χ2v) is 7.42. The smallest absolute Gasteiger partial charge is 0.277 e. The van der Waals surface area contributed by atoms with Crippen LogP contribution < -0.4 is 15.2 Å². The number of aromatic nitrogens is 1. The lowest BCUT2D eigenvalue weighted by Crippen LogP contribution is -2.15. The van der Waals surface area contributed by atoms with Crippen LogP contribution in [0.4, 0.5) is 5.69 Å². The van der Waals surface area contributed by atoms with Crippen molar-refractivity contribution in [3.05, 3.63) is 47.5 Å². The van der Waals surface area contributed by atoms with E-state index < -0.39 is 15.9 Å². The van der Waals surface area contributed by atoms with Gasteiger partial charge in [-0.15, -0.1) is 11.3 Å². The summed E-state index contributed by atoms with van der Waals surface area (Å²) < 4.78 is 33.2. The molecule has 1 aromatic carbocycles. The molecule has 3 aromatic rings. The number of rotatable bonds is 5. The Morgan fingerprint density at radius 3 is 2.76 bits per heavy atom. The zero-order chi connectivity index (χ0) is 18.0. The molecule has 0 saturated heterocycles. The van der Waals surface area contributed by atoms with E-state index in [0.29, 0.717) is 5.76 Å². The number of carbonyl (C=O) groups is 1. The van der Waals surface area contributed by atoms with Gasteiger partial charge in [-0.2, -0.15) is 0 Å². The van der Waals surface area contributed by atoms with Crippen molar-refractivity contribution in [2.45, 2.75) is 4.90 Å². The Hall–Kier alpha value is -2.69. The van der Waals surface area contributed by atoms with Gasteiger partial charge >= 0.3 is 0 Å². The zero-order valence-corrected chi connectivity index (χ0v) is 14.6. The minimum Gasteiger partial charge on any atom is -0.495 e. The summed E-state index contributed by atoms with van der Waals surface area (Å²) in [7, 11) is -2.52. The summed E-state index contributed by atoms with van der Waals surface area (Å²) in [4.78, 5) is 13.0. The molecule has 0 unspecified atom stereocenters. The Kier molecular flexibility index (Phi) is 4.57. The summed E-state index contributed by atoms with van der Waals surface area (Å²) in [5, 5.41) is 13.3. The molecule has 0 radical (unpaired) electrons. The first-order chi connectivity index (χ1) is 11.9. The molecule has 1 amide bonds. The Balaban J connectivity index is 1.88. The number of hydrogen-bond donors (Lipinski definition) is 2. The summed E-state index contributed by atoms with van der Waals surface area (Å²) in [6.45, 7) is 0. The van der Waals surface area contributed by atoms with E-state index in [1.807, 2.05) is 17.5 Å². The molecule has 8 nitrogen and oxygen atoms in total. The molecule has 0 aliphatic rings. The van der Waals surface area contributed by atoms with Gasteiger partial charge in [0.05, 0.1) is 22.6 Å². The highest BCUT2D eigenvalue weighted by Crippen LogP contribution is 2.29. The lowest BCUT2D eigenvalue weighted by molar-refractivity contribution is 0.101. The summed E-state index contributed by atoms with van der Waals surface area (Å²) in [6.07, 6.45) is 0. The van der Waals surface area contributed by atoms with Crippen molar-refractivity contribution in [1.82, 2.24) is 5.16 Å². The van der Waals surface area contributed by atoms with Crippen LogP contribution in [0.2, 0.25) is 0 Å². The lowest BCUT2D eigenvalue weighted by atomic mass is 10.2. The number of nitrogens with two attached hydrogens (primary N) is 1. The second kappa shape index (κ2) is 6.67. The Bertz CT molecular complexity index is 1010. The van der Waals surface area contributed by atoms with Gasteiger partial charge in [0, 0.05) is 6.07 Å². The van der Waals surface area contributed by atoms with Crippen molar-refractivity contribution < 1.29 is 22.5 Å².